The van der Waals surface area contributed by atoms with E-state index in [1.165, 1.54) is 25.9 Å². The molecule has 4 heteroatoms. The van der Waals surface area contributed by atoms with Crippen LogP contribution in [0.25, 0.3) is 0 Å². The third kappa shape index (κ3) is 3.21. The smallest absolute Gasteiger partial charge is 0.128 e. The number of anilines is 1. The largest absolute Gasteiger partial charge is 0.359 e. The van der Waals surface area contributed by atoms with Crippen molar-refractivity contribution >= 4 is 5.82 Å². The van der Waals surface area contributed by atoms with Gasteiger partial charge in [0, 0.05) is 26.3 Å². The highest BCUT2D eigenvalue weighted by molar-refractivity contribution is 5.41. The average molecular weight is 244 g/mol. The Morgan fingerprint density at radius 2 is 2.39 bits per heavy atom. The molecule has 0 N–H and O–H groups in total. The van der Waals surface area contributed by atoms with E-state index in [0.717, 1.165) is 12.4 Å². The predicted molar refractivity (Wildman–Crippen MR) is 72.4 cm³/mol. The molecular weight excluding hydrogens is 224 g/mol. The van der Waals surface area contributed by atoms with E-state index in [1.807, 2.05) is 12.1 Å². The van der Waals surface area contributed by atoms with Gasteiger partial charge in [-0.1, -0.05) is 0 Å². The summed E-state index contributed by atoms with van der Waals surface area (Å²) in [7, 11) is 4.26. The van der Waals surface area contributed by atoms with Gasteiger partial charge in [-0.3, -0.25) is 0 Å². The Hall–Kier alpha value is -1.60. The minimum Gasteiger partial charge on any atom is -0.359 e. The van der Waals surface area contributed by atoms with Gasteiger partial charge in [-0.2, -0.15) is 5.26 Å². The lowest BCUT2D eigenvalue weighted by Gasteiger charge is -2.32. The molecule has 4 nitrogen and oxygen atoms in total. The number of rotatable bonds is 3. The van der Waals surface area contributed by atoms with E-state index in [2.05, 4.69) is 34.9 Å². The highest BCUT2D eigenvalue weighted by Gasteiger charge is 2.19. The van der Waals surface area contributed by atoms with E-state index in [4.69, 9.17) is 5.26 Å². The van der Waals surface area contributed by atoms with Crippen LogP contribution in [0.4, 0.5) is 5.82 Å². The fourth-order valence-corrected chi connectivity index (χ4v) is 2.58. The van der Waals surface area contributed by atoms with Crippen LogP contribution in [-0.2, 0) is 0 Å². The van der Waals surface area contributed by atoms with E-state index in [9.17, 15) is 0 Å². The molecule has 1 aliphatic heterocycles. The Balaban J connectivity index is 1.94. The van der Waals surface area contributed by atoms with Gasteiger partial charge in [0.15, 0.2) is 0 Å². The molecule has 2 heterocycles. The van der Waals surface area contributed by atoms with Crippen LogP contribution in [0.15, 0.2) is 18.3 Å². The van der Waals surface area contributed by atoms with Gasteiger partial charge in [0.05, 0.1) is 5.56 Å². The van der Waals surface area contributed by atoms with Crippen molar-refractivity contribution in [3.8, 4) is 6.07 Å². The molecule has 1 unspecified atom stereocenters. The van der Waals surface area contributed by atoms with E-state index in [1.54, 1.807) is 6.20 Å². The van der Waals surface area contributed by atoms with Crippen molar-refractivity contribution < 1.29 is 0 Å². The van der Waals surface area contributed by atoms with Crippen LogP contribution in [-0.4, -0.2) is 43.6 Å². The van der Waals surface area contributed by atoms with Crippen molar-refractivity contribution in [2.75, 3.05) is 38.6 Å². The molecule has 1 saturated heterocycles. The molecule has 0 radical (unpaired) electrons. The molecule has 0 spiro atoms. The maximum atomic E-state index is 8.75. The van der Waals surface area contributed by atoms with Crippen molar-refractivity contribution in [2.24, 2.45) is 5.92 Å². The molecule has 1 atom stereocenters. The highest BCUT2D eigenvalue weighted by atomic mass is 15.2. The summed E-state index contributed by atoms with van der Waals surface area (Å²) < 4.78 is 0. The summed E-state index contributed by atoms with van der Waals surface area (Å²) in [5, 5.41) is 8.75. The first kappa shape index (κ1) is 12.8. The van der Waals surface area contributed by atoms with Crippen molar-refractivity contribution in [1.29, 1.82) is 5.26 Å². The van der Waals surface area contributed by atoms with Gasteiger partial charge >= 0.3 is 0 Å². The fourth-order valence-electron chi connectivity index (χ4n) is 2.58. The van der Waals surface area contributed by atoms with Gasteiger partial charge in [-0.25, -0.2) is 4.98 Å². The second-order valence-corrected chi connectivity index (χ2v) is 5.17. The average Bonchev–Trinajstić information content (AvgIpc) is 2.39. The van der Waals surface area contributed by atoms with Crippen LogP contribution < -0.4 is 4.90 Å². The zero-order valence-electron chi connectivity index (χ0n) is 11.1. The molecule has 0 aromatic carbocycles. The molecule has 0 saturated carbocycles. The van der Waals surface area contributed by atoms with Gasteiger partial charge in [-0.15, -0.1) is 0 Å². The molecule has 18 heavy (non-hydrogen) atoms. The van der Waals surface area contributed by atoms with Crippen LogP contribution in [0, 0.1) is 17.2 Å². The van der Waals surface area contributed by atoms with E-state index in [0.29, 0.717) is 11.5 Å². The standard InChI is InChI=1S/C14H20N4/c1-17-7-3-4-13(10-17)11-18(2)14-6-5-12(8-15)9-16-14/h5-6,9,13H,3-4,7,10-11H2,1-2H3. The van der Waals surface area contributed by atoms with E-state index >= 15 is 0 Å². The van der Waals surface area contributed by atoms with Gasteiger partial charge < -0.3 is 9.80 Å². The number of pyridine rings is 1. The molecule has 0 aliphatic carbocycles. The Morgan fingerprint density at radius 1 is 1.56 bits per heavy atom. The van der Waals surface area contributed by atoms with Gasteiger partial charge in [0.2, 0.25) is 0 Å². The Kier molecular flexibility index (Phi) is 4.16. The monoisotopic (exact) mass is 244 g/mol. The Labute approximate surface area is 109 Å². The summed E-state index contributed by atoms with van der Waals surface area (Å²) in [4.78, 5) is 8.91. The third-order valence-electron chi connectivity index (χ3n) is 3.52. The van der Waals surface area contributed by atoms with Crippen molar-refractivity contribution in [1.82, 2.24) is 9.88 Å². The predicted octanol–water partition coefficient (Wildman–Crippen LogP) is 1.73. The highest BCUT2D eigenvalue weighted by Crippen LogP contribution is 2.18. The van der Waals surface area contributed by atoms with E-state index < -0.39 is 0 Å². The number of nitrogens with zero attached hydrogens (tertiary/aromatic N) is 4. The molecule has 1 aliphatic rings. The van der Waals surface area contributed by atoms with Crippen LogP contribution in [0.1, 0.15) is 18.4 Å². The van der Waals surface area contributed by atoms with Crippen LogP contribution >= 0.6 is 0 Å². The lowest BCUT2D eigenvalue weighted by molar-refractivity contribution is 0.213. The number of likely N-dealkylation sites (tertiary alicyclic amines) is 1. The Bertz CT molecular complexity index is 420. The first-order valence-electron chi connectivity index (χ1n) is 6.45. The molecule has 96 valence electrons. The molecule has 1 aromatic heterocycles. The van der Waals surface area contributed by atoms with Crippen molar-refractivity contribution in [2.45, 2.75) is 12.8 Å². The van der Waals surface area contributed by atoms with Crippen LogP contribution in [0.5, 0.6) is 0 Å². The van der Waals surface area contributed by atoms with Crippen LogP contribution in [0.2, 0.25) is 0 Å². The SMILES string of the molecule is CN1CCCC(CN(C)c2ccc(C#N)cn2)C1. The topological polar surface area (TPSA) is 43.2 Å². The molecule has 1 aromatic rings. The normalized spacial score (nSPS) is 20.4. The zero-order valence-corrected chi connectivity index (χ0v) is 11.1. The first-order valence-corrected chi connectivity index (χ1v) is 6.45. The summed E-state index contributed by atoms with van der Waals surface area (Å²) in [6.07, 6.45) is 4.22. The second kappa shape index (κ2) is 5.83. The number of nitriles is 1. The van der Waals surface area contributed by atoms with Gasteiger partial charge in [0.25, 0.3) is 0 Å². The van der Waals surface area contributed by atoms with Crippen molar-refractivity contribution in [3.05, 3.63) is 23.9 Å². The Morgan fingerprint density at radius 3 is 3.00 bits per heavy atom. The summed E-state index contributed by atoms with van der Waals surface area (Å²) in [6.45, 7) is 3.42. The maximum Gasteiger partial charge on any atom is 0.128 e. The summed E-state index contributed by atoms with van der Waals surface area (Å²) in [5.74, 6) is 1.66. The summed E-state index contributed by atoms with van der Waals surface area (Å²) in [6, 6.07) is 5.84. The minimum absolute atomic E-state index is 0.615. The van der Waals surface area contributed by atoms with Crippen molar-refractivity contribution in [3.63, 3.8) is 0 Å². The lowest BCUT2D eigenvalue weighted by atomic mass is 9.98. The number of hydrogen-bond donors (Lipinski definition) is 0. The zero-order chi connectivity index (χ0) is 13.0. The first-order chi connectivity index (χ1) is 8.69. The second-order valence-electron chi connectivity index (χ2n) is 5.17. The molecular formula is C14H20N4. The summed E-state index contributed by atoms with van der Waals surface area (Å²) >= 11 is 0. The molecule has 0 amide bonds. The molecule has 0 bridgehead atoms. The van der Waals surface area contributed by atoms with Crippen LogP contribution in [0.3, 0.4) is 0 Å². The molecule has 2 rings (SSSR count). The number of aromatic nitrogens is 1. The number of hydrogen-bond acceptors (Lipinski definition) is 4. The van der Waals surface area contributed by atoms with E-state index in [-0.39, 0.29) is 0 Å². The number of piperidine rings is 1. The van der Waals surface area contributed by atoms with Gasteiger partial charge in [0.1, 0.15) is 11.9 Å². The minimum atomic E-state index is 0.615. The quantitative estimate of drug-likeness (QED) is 0.812. The third-order valence-corrected chi connectivity index (χ3v) is 3.52. The molecule has 1 fully saturated rings. The fraction of sp³-hybridized carbons (Fsp3) is 0.571. The maximum absolute atomic E-state index is 8.75. The summed E-state index contributed by atoms with van der Waals surface area (Å²) in [5.41, 5.74) is 0.615. The van der Waals surface area contributed by atoms with Gasteiger partial charge in [-0.05, 0) is 44.5 Å². The lowest BCUT2D eigenvalue weighted by Crippen LogP contribution is -2.38.